The maximum atomic E-state index is 12.0. The highest BCUT2D eigenvalue weighted by molar-refractivity contribution is 6.30. The molecule has 1 saturated heterocycles. The highest BCUT2D eigenvalue weighted by atomic mass is 35.5. The fourth-order valence-corrected chi connectivity index (χ4v) is 2.62. The first kappa shape index (κ1) is 18.5. The Kier molecular flexibility index (Phi) is 6.84. The highest BCUT2D eigenvalue weighted by Crippen LogP contribution is 2.16. The smallest absolute Gasteiger partial charge is 0.307 e. The Balaban J connectivity index is 1.87. The first-order chi connectivity index (χ1) is 11.5. The molecule has 7 nitrogen and oxygen atoms in total. The maximum absolute atomic E-state index is 12.0. The van der Waals surface area contributed by atoms with Crippen LogP contribution in [0, 0.1) is 0 Å². The number of rotatable bonds is 7. The number of nitrogens with one attached hydrogen (secondary N) is 1. The van der Waals surface area contributed by atoms with Gasteiger partial charge in [-0.1, -0.05) is 11.6 Å². The molecule has 1 aromatic carbocycles. The number of esters is 1. The lowest BCUT2D eigenvalue weighted by Crippen LogP contribution is -2.57. The van der Waals surface area contributed by atoms with Crippen molar-refractivity contribution in [1.29, 1.82) is 0 Å². The van der Waals surface area contributed by atoms with Crippen molar-refractivity contribution >= 4 is 23.5 Å². The van der Waals surface area contributed by atoms with Crippen LogP contribution in [0.4, 0.5) is 0 Å². The van der Waals surface area contributed by atoms with Crippen molar-refractivity contribution in [2.24, 2.45) is 0 Å². The minimum absolute atomic E-state index is 0.0485. The Bertz CT molecular complexity index is 566. The molecule has 1 amide bonds. The van der Waals surface area contributed by atoms with E-state index in [4.69, 9.17) is 16.3 Å². The molecule has 0 saturated carbocycles. The molecule has 0 bridgehead atoms. The number of aliphatic hydroxyl groups excluding tert-OH is 1. The van der Waals surface area contributed by atoms with Gasteiger partial charge >= 0.3 is 5.97 Å². The number of hydrogen-bond acceptors (Lipinski definition) is 6. The Hall–Kier alpha value is -1.83. The Morgan fingerprint density at radius 3 is 2.83 bits per heavy atom. The summed E-state index contributed by atoms with van der Waals surface area (Å²) in [5, 5.41) is 13.5. The van der Waals surface area contributed by atoms with E-state index < -0.39 is 18.1 Å². The van der Waals surface area contributed by atoms with Gasteiger partial charge in [0, 0.05) is 24.7 Å². The lowest BCUT2D eigenvalue weighted by molar-refractivity contribution is -0.146. The first-order valence-electron chi connectivity index (χ1n) is 7.64. The second-order valence-corrected chi connectivity index (χ2v) is 5.94. The van der Waals surface area contributed by atoms with Crippen molar-refractivity contribution in [2.45, 2.75) is 18.6 Å². The minimum atomic E-state index is -0.799. The summed E-state index contributed by atoms with van der Waals surface area (Å²) in [4.78, 5) is 25.2. The van der Waals surface area contributed by atoms with Crippen molar-refractivity contribution < 1.29 is 24.2 Å². The third-order valence-corrected chi connectivity index (χ3v) is 3.98. The van der Waals surface area contributed by atoms with Crippen LogP contribution in [-0.4, -0.2) is 67.4 Å². The van der Waals surface area contributed by atoms with Gasteiger partial charge in [-0.3, -0.25) is 14.5 Å². The fraction of sp³-hybridized carbons (Fsp3) is 0.500. The average molecular weight is 357 g/mol. The zero-order chi connectivity index (χ0) is 17.5. The van der Waals surface area contributed by atoms with Gasteiger partial charge in [0.1, 0.15) is 18.5 Å². The Morgan fingerprint density at radius 2 is 2.17 bits per heavy atom. The molecular formula is C16H21ClN2O5. The first-order valence-corrected chi connectivity index (χ1v) is 8.02. The quantitative estimate of drug-likeness (QED) is 0.689. The van der Waals surface area contributed by atoms with Crippen LogP contribution >= 0.6 is 11.6 Å². The standard InChI is InChI=1S/C16H21ClN2O5/c1-23-15(21)8-14-16(22)18-6-7-19(14)9-12(20)10-24-13-4-2-11(17)3-5-13/h2-5,12,14,20H,6-10H2,1H3,(H,18,22). The molecule has 1 aliphatic rings. The van der Waals surface area contributed by atoms with Crippen molar-refractivity contribution in [2.75, 3.05) is 33.4 Å². The second kappa shape index (κ2) is 8.86. The van der Waals surface area contributed by atoms with Crippen LogP contribution in [0.5, 0.6) is 5.75 Å². The van der Waals surface area contributed by atoms with E-state index in [9.17, 15) is 14.7 Å². The van der Waals surface area contributed by atoms with Crippen LogP contribution in [-0.2, 0) is 14.3 Å². The van der Waals surface area contributed by atoms with Crippen molar-refractivity contribution in [3.8, 4) is 5.75 Å². The minimum Gasteiger partial charge on any atom is -0.491 e. The van der Waals surface area contributed by atoms with Gasteiger partial charge in [-0.05, 0) is 24.3 Å². The van der Waals surface area contributed by atoms with Gasteiger partial charge in [-0.2, -0.15) is 0 Å². The number of β-amino-alcohol motifs (C(OH)–C–C–N with tert-alkyl or cyclic N) is 1. The third kappa shape index (κ3) is 5.36. The van der Waals surface area contributed by atoms with Gasteiger partial charge in [0.25, 0.3) is 0 Å². The lowest BCUT2D eigenvalue weighted by atomic mass is 10.1. The number of carbonyl (C=O) groups is 2. The zero-order valence-corrected chi connectivity index (χ0v) is 14.2. The molecule has 1 aliphatic heterocycles. The molecule has 8 heteroatoms. The van der Waals surface area contributed by atoms with Gasteiger partial charge in [-0.25, -0.2) is 0 Å². The Morgan fingerprint density at radius 1 is 1.46 bits per heavy atom. The van der Waals surface area contributed by atoms with E-state index in [1.165, 1.54) is 7.11 Å². The van der Waals surface area contributed by atoms with Gasteiger partial charge in [-0.15, -0.1) is 0 Å². The SMILES string of the molecule is COC(=O)CC1C(=O)NCCN1CC(O)COc1ccc(Cl)cc1. The zero-order valence-electron chi connectivity index (χ0n) is 13.4. The van der Waals surface area contributed by atoms with Crippen molar-refractivity contribution in [3.05, 3.63) is 29.3 Å². The molecule has 2 rings (SSSR count). The summed E-state index contributed by atoms with van der Waals surface area (Å²) in [5.74, 6) is -0.104. The van der Waals surface area contributed by atoms with Crippen LogP contribution in [0.3, 0.4) is 0 Å². The van der Waals surface area contributed by atoms with E-state index in [0.717, 1.165) is 0 Å². The fourth-order valence-electron chi connectivity index (χ4n) is 2.49. The summed E-state index contributed by atoms with van der Waals surface area (Å²) in [5.41, 5.74) is 0. The predicted molar refractivity (Wildman–Crippen MR) is 88.0 cm³/mol. The number of halogens is 1. The van der Waals surface area contributed by atoms with Crippen molar-refractivity contribution in [3.63, 3.8) is 0 Å². The molecule has 2 unspecified atom stereocenters. The molecule has 1 heterocycles. The van der Waals surface area contributed by atoms with Gasteiger partial charge in [0.15, 0.2) is 0 Å². The summed E-state index contributed by atoms with van der Waals surface area (Å²) in [7, 11) is 1.28. The second-order valence-electron chi connectivity index (χ2n) is 5.50. The number of nitrogens with zero attached hydrogens (tertiary/aromatic N) is 1. The van der Waals surface area contributed by atoms with Gasteiger partial charge < -0.3 is 19.9 Å². The number of methoxy groups -OCH3 is 1. The monoisotopic (exact) mass is 356 g/mol. The summed E-state index contributed by atoms with van der Waals surface area (Å²) >= 11 is 5.80. The Labute approximate surface area is 145 Å². The number of ether oxygens (including phenoxy) is 2. The molecular weight excluding hydrogens is 336 g/mol. The lowest BCUT2D eigenvalue weighted by Gasteiger charge is -2.35. The molecule has 0 radical (unpaired) electrons. The summed E-state index contributed by atoms with van der Waals surface area (Å²) in [6.07, 6.45) is -0.848. The number of piperazine rings is 1. The molecule has 0 aromatic heterocycles. The van der Waals surface area contributed by atoms with E-state index in [-0.39, 0.29) is 25.5 Å². The van der Waals surface area contributed by atoms with Crippen LogP contribution < -0.4 is 10.1 Å². The molecule has 2 atom stereocenters. The molecule has 24 heavy (non-hydrogen) atoms. The number of aliphatic hydroxyl groups is 1. The molecule has 1 aromatic rings. The summed E-state index contributed by atoms with van der Waals surface area (Å²) < 4.78 is 10.1. The predicted octanol–water partition coefficient (Wildman–Crippen LogP) is 0.443. The molecule has 2 N–H and O–H groups in total. The largest absolute Gasteiger partial charge is 0.491 e. The molecule has 132 valence electrons. The van der Waals surface area contributed by atoms with Crippen LogP contribution in [0.25, 0.3) is 0 Å². The number of benzene rings is 1. The number of carbonyl (C=O) groups excluding carboxylic acids is 2. The average Bonchev–Trinajstić information content (AvgIpc) is 2.57. The van der Waals surface area contributed by atoms with E-state index in [2.05, 4.69) is 10.1 Å². The molecule has 0 spiro atoms. The summed E-state index contributed by atoms with van der Waals surface area (Å²) in [6, 6.07) is 6.18. The summed E-state index contributed by atoms with van der Waals surface area (Å²) in [6.45, 7) is 1.32. The van der Waals surface area contributed by atoms with E-state index >= 15 is 0 Å². The normalized spacial score (nSPS) is 19.5. The highest BCUT2D eigenvalue weighted by Gasteiger charge is 2.33. The van der Waals surface area contributed by atoms with E-state index in [1.54, 1.807) is 29.2 Å². The number of hydrogen-bond donors (Lipinski definition) is 2. The molecule has 1 fully saturated rings. The van der Waals surface area contributed by atoms with Gasteiger partial charge in [0.2, 0.25) is 5.91 Å². The van der Waals surface area contributed by atoms with Crippen LogP contribution in [0.15, 0.2) is 24.3 Å². The molecule has 0 aliphatic carbocycles. The third-order valence-electron chi connectivity index (χ3n) is 3.73. The van der Waals surface area contributed by atoms with E-state index in [1.807, 2.05) is 0 Å². The van der Waals surface area contributed by atoms with E-state index in [0.29, 0.717) is 23.9 Å². The van der Waals surface area contributed by atoms with Gasteiger partial charge in [0.05, 0.1) is 19.6 Å². The van der Waals surface area contributed by atoms with Crippen LogP contribution in [0.1, 0.15) is 6.42 Å². The number of amides is 1. The van der Waals surface area contributed by atoms with Crippen molar-refractivity contribution in [1.82, 2.24) is 10.2 Å². The van der Waals surface area contributed by atoms with Crippen LogP contribution in [0.2, 0.25) is 5.02 Å². The maximum Gasteiger partial charge on any atom is 0.307 e. The topological polar surface area (TPSA) is 88.1 Å².